The lowest BCUT2D eigenvalue weighted by Crippen LogP contribution is -2.48. The molecule has 0 radical (unpaired) electrons. The molecule has 0 spiro atoms. The molecule has 0 atom stereocenters. The summed E-state index contributed by atoms with van der Waals surface area (Å²) in [4.78, 5) is 14.6. The van der Waals surface area contributed by atoms with Gasteiger partial charge in [0.2, 0.25) is 10.0 Å². The average molecular weight is 388 g/mol. The number of hydrogen-bond donors (Lipinski definition) is 1. The van der Waals surface area contributed by atoms with Crippen LogP contribution in [0.5, 0.6) is 0 Å². The highest BCUT2D eigenvalue weighted by Gasteiger charge is 2.27. The molecule has 1 aromatic rings. The van der Waals surface area contributed by atoms with E-state index in [0.717, 1.165) is 6.42 Å². The van der Waals surface area contributed by atoms with Crippen LogP contribution in [0.4, 0.5) is 5.69 Å². The second kappa shape index (κ2) is 7.51. The lowest BCUT2D eigenvalue weighted by molar-refractivity contribution is 0.0920. The molecule has 1 aliphatic rings. The number of sulfonamides is 1. The fourth-order valence-electron chi connectivity index (χ4n) is 2.47. The van der Waals surface area contributed by atoms with Crippen LogP contribution >= 0.6 is 11.6 Å². The molecule has 1 aromatic carbocycles. The molecule has 1 amide bonds. The van der Waals surface area contributed by atoms with Gasteiger partial charge < -0.3 is 10.2 Å². The van der Waals surface area contributed by atoms with Crippen molar-refractivity contribution in [2.45, 2.75) is 32.2 Å². The summed E-state index contributed by atoms with van der Waals surface area (Å²) in [6.45, 7) is 4.91. The van der Waals surface area contributed by atoms with Gasteiger partial charge in [0, 0.05) is 18.6 Å². The van der Waals surface area contributed by atoms with Gasteiger partial charge in [0.1, 0.15) is 0 Å². The highest BCUT2D eigenvalue weighted by molar-refractivity contribution is 7.92. The van der Waals surface area contributed by atoms with Crippen LogP contribution in [0.15, 0.2) is 18.2 Å². The Hall–Kier alpha value is -1.31. The molecule has 0 unspecified atom stereocenters. The monoisotopic (exact) mass is 387 g/mol. The number of halogens is 1. The van der Waals surface area contributed by atoms with Crippen LogP contribution in [0.3, 0.4) is 0 Å². The molecule has 0 aromatic heterocycles. The molecular formula is C17H26ClN3O3S. The predicted molar refractivity (Wildman–Crippen MR) is 102 cm³/mol. The van der Waals surface area contributed by atoms with Gasteiger partial charge in [0.25, 0.3) is 5.91 Å². The number of amides is 1. The third kappa shape index (κ3) is 4.65. The maximum Gasteiger partial charge on any atom is 0.252 e. The van der Waals surface area contributed by atoms with E-state index in [4.69, 9.17) is 11.6 Å². The molecule has 0 saturated carbocycles. The number of nitrogens with zero attached hydrogens (tertiary/aromatic N) is 2. The van der Waals surface area contributed by atoms with Crippen molar-refractivity contribution < 1.29 is 13.2 Å². The first-order valence-electron chi connectivity index (χ1n) is 8.30. The highest BCUT2D eigenvalue weighted by atomic mass is 35.5. The molecule has 1 heterocycles. The van der Waals surface area contributed by atoms with Gasteiger partial charge in [-0.05, 0) is 59.0 Å². The van der Waals surface area contributed by atoms with Gasteiger partial charge in [-0.25, -0.2) is 8.42 Å². The SMILES string of the molecule is CN(C)C(C)(C)CNC(=O)c1cc(N2CCCCS2(=O)=O)ccc1Cl. The lowest BCUT2D eigenvalue weighted by atomic mass is 10.0. The normalized spacial score (nSPS) is 17.6. The van der Waals surface area contributed by atoms with Crippen LogP contribution in [0.25, 0.3) is 0 Å². The number of rotatable bonds is 5. The predicted octanol–water partition coefficient (Wildman–Crippen LogP) is 2.34. The van der Waals surface area contributed by atoms with Crippen molar-refractivity contribution in [2.75, 3.05) is 37.2 Å². The first-order valence-corrected chi connectivity index (χ1v) is 10.3. The summed E-state index contributed by atoms with van der Waals surface area (Å²) in [5.41, 5.74) is 0.561. The Kier molecular flexibility index (Phi) is 6.01. The van der Waals surface area contributed by atoms with Crippen LogP contribution in [-0.2, 0) is 10.0 Å². The highest BCUT2D eigenvalue weighted by Crippen LogP contribution is 2.28. The van der Waals surface area contributed by atoms with Crippen molar-refractivity contribution in [2.24, 2.45) is 0 Å². The van der Waals surface area contributed by atoms with Gasteiger partial charge >= 0.3 is 0 Å². The minimum Gasteiger partial charge on any atom is -0.350 e. The molecule has 1 fully saturated rings. The second-order valence-corrected chi connectivity index (χ2v) is 9.57. The van der Waals surface area contributed by atoms with Crippen LogP contribution < -0.4 is 9.62 Å². The molecule has 2 rings (SSSR count). The number of hydrogen-bond acceptors (Lipinski definition) is 4. The fraction of sp³-hybridized carbons (Fsp3) is 0.588. The first kappa shape index (κ1) is 20.0. The second-order valence-electron chi connectivity index (χ2n) is 7.15. The summed E-state index contributed by atoms with van der Waals surface area (Å²) in [5.74, 6) is -0.176. The lowest BCUT2D eigenvalue weighted by Gasteiger charge is -2.32. The van der Waals surface area contributed by atoms with Gasteiger partial charge in [0.15, 0.2) is 0 Å². The number of carbonyl (C=O) groups is 1. The molecule has 1 saturated heterocycles. The Morgan fingerprint density at radius 1 is 1.32 bits per heavy atom. The molecule has 1 aliphatic heterocycles. The summed E-state index contributed by atoms with van der Waals surface area (Å²) in [7, 11) is 0.564. The smallest absolute Gasteiger partial charge is 0.252 e. The maximum atomic E-state index is 12.5. The number of nitrogens with one attached hydrogen (secondary N) is 1. The minimum absolute atomic E-state index is 0.133. The van der Waals surface area contributed by atoms with Crippen molar-refractivity contribution in [3.05, 3.63) is 28.8 Å². The topological polar surface area (TPSA) is 69.7 Å². The number of likely N-dealkylation sites (N-methyl/N-ethyl adjacent to an activating group) is 1. The Labute approximate surface area is 155 Å². The van der Waals surface area contributed by atoms with E-state index in [9.17, 15) is 13.2 Å². The molecule has 25 heavy (non-hydrogen) atoms. The summed E-state index contributed by atoms with van der Waals surface area (Å²) in [5, 5.41) is 3.18. The average Bonchev–Trinajstić information content (AvgIpc) is 2.53. The van der Waals surface area contributed by atoms with Crippen LogP contribution in [-0.4, -0.2) is 57.7 Å². The van der Waals surface area contributed by atoms with Crippen molar-refractivity contribution in [3.8, 4) is 0 Å². The van der Waals surface area contributed by atoms with Gasteiger partial charge in [-0.3, -0.25) is 9.10 Å². The fourth-order valence-corrected chi connectivity index (χ4v) is 4.31. The van der Waals surface area contributed by atoms with Gasteiger partial charge in [-0.1, -0.05) is 11.6 Å². The first-order chi connectivity index (χ1) is 11.5. The van der Waals surface area contributed by atoms with Gasteiger partial charge in [0.05, 0.1) is 22.0 Å². The molecule has 0 bridgehead atoms. The number of benzene rings is 1. The maximum absolute atomic E-state index is 12.5. The molecule has 140 valence electrons. The van der Waals surface area contributed by atoms with Crippen LogP contribution in [0.1, 0.15) is 37.0 Å². The Bertz CT molecular complexity index is 748. The van der Waals surface area contributed by atoms with Crippen molar-refractivity contribution in [1.82, 2.24) is 10.2 Å². The quantitative estimate of drug-likeness (QED) is 0.841. The summed E-state index contributed by atoms with van der Waals surface area (Å²) in [6.07, 6.45) is 1.47. The van der Waals surface area contributed by atoms with E-state index in [1.165, 1.54) is 4.31 Å². The Morgan fingerprint density at radius 3 is 2.60 bits per heavy atom. The molecule has 0 aliphatic carbocycles. The van der Waals surface area contributed by atoms with E-state index < -0.39 is 10.0 Å². The zero-order chi connectivity index (χ0) is 18.8. The standard InChI is InChI=1S/C17H26ClN3O3S/c1-17(2,20(3)4)12-19-16(22)14-11-13(7-8-15(14)18)21-9-5-6-10-25(21,23)24/h7-8,11H,5-6,9-10,12H2,1-4H3,(H,19,22). The van der Waals surface area contributed by atoms with E-state index in [1.54, 1.807) is 18.2 Å². The van der Waals surface area contributed by atoms with Gasteiger partial charge in [-0.2, -0.15) is 0 Å². The van der Waals surface area contributed by atoms with Gasteiger partial charge in [-0.15, -0.1) is 0 Å². The number of carbonyl (C=O) groups excluding carboxylic acids is 1. The largest absolute Gasteiger partial charge is 0.350 e. The van der Waals surface area contributed by atoms with E-state index in [1.807, 2.05) is 32.8 Å². The Morgan fingerprint density at radius 2 is 2.00 bits per heavy atom. The minimum atomic E-state index is -3.33. The Balaban J connectivity index is 2.23. The van der Waals surface area contributed by atoms with Crippen molar-refractivity contribution in [3.63, 3.8) is 0 Å². The zero-order valence-corrected chi connectivity index (χ0v) is 16.7. The third-order valence-electron chi connectivity index (χ3n) is 4.72. The molecule has 6 nitrogen and oxygen atoms in total. The van der Waals surface area contributed by atoms with Crippen LogP contribution in [0.2, 0.25) is 5.02 Å². The molecule has 8 heteroatoms. The van der Waals surface area contributed by atoms with E-state index in [0.29, 0.717) is 30.2 Å². The van der Waals surface area contributed by atoms with E-state index in [2.05, 4.69) is 5.32 Å². The molecule has 1 N–H and O–H groups in total. The van der Waals surface area contributed by atoms with Crippen molar-refractivity contribution in [1.29, 1.82) is 0 Å². The summed E-state index contributed by atoms with van der Waals surface area (Å²) < 4.78 is 25.9. The van der Waals surface area contributed by atoms with E-state index >= 15 is 0 Å². The number of anilines is 1. The third-order valence-corrected chi connectivity index (χ3v) is 6.92. The summed E-state index contributed by atoms with van der Waals surface area (Å²) >= 11 is 6.17. The molecular weight excluding hydrogens is 362 g/mol. The zero-order valence-electron chi connectivity index (χ0n) is 15.2. The van der Waals surface area contributed by atoms with Crippen LogP contribution in [0, 0.1) is 0 Å². The van der Waals surface area contributed by atoms with E-state index in [-0.39, 0.29) is 22.8 Å². The summed E-state index contributed by atoms with van der Waals surface area (Å²) in [6, 6.07) is 4.78. The van der Waals surface area contributed by atoms with Crippen molar-refractivity contribution >= 4 is 33.2 Å².